The Morgan fingerprint density at radius 1 is 1.07 bits per heavy atom. The van der Waals surface area contributed by atoms with Crippen LogP contribution >= 0.6 is 11.6 Å². The first-order valence-electron chi connectivity index (χ1n) is 9.16. The van der Waals surface area contributed by atoms with Gasteiger partial charge in [-0.05, 0) is 47.4 Å². The maximum absolute atomic E-state index is 12.9. The Morgan fingerprint density at radius 2 is 1.81 bits per heavy atom. The molecule has 0 radical (unpaired) electrons. The molecule has 2 atom stereocenters. The minimum atomic E-state index is -0.545. The number of hydrogen-bond donors (Lipinski definition) is 1. The molecule has 0 unspecified atom stereocenters. The van der Waals surface area contributed by atoms with Gasteiger partial charge in [0, 0.05) is 11.4 Å². The molecule has 2 aromatic rings. The quantitative estimate of drug-likeness (QED) is 0.863. The first kappa shape index (κ1) is 18.0. The van der Waals surface area contributed by atoms with Crippen LogP contribution in [-0.2, 0) is 11.2 Å². The van der Waals surface area contributed by atoms with E-state index in [0.717, 1.165) is 28.4 Å². The Balaban J connectivity index is 1.50. The van der Waals surface area contributed by atoms with Gasteiger partial charge in [-0.1, -0.05) is 31.5 Å². The highest BCUT2D eigenvalue weighted by atomic mass is 35.5. The summed E-state index contributed by atoms with van der Waals surface area (Å²) in [5.41, 5.74) is 1.95. The summed E-state index contributed by atoms with van der Waals surface area (Å²) < 4.78 is 17.1. The molecule has 4 rings (SSSR count). The molecule has 0 bridgehead atoms. The number of nitrogens with one attached hydrogen (secondary N) is 1. The number of benzene rings is 2. The van der Waals surface area contributed by atoms with Crippen molar-refractivity contribution in [3.63, 3.8) is 0 Å². The van der Waals surface area contributed by atoms with Gasteiger partial charge in [-0.3, -0.25) is 4.79 Å². The molecule has 1 N–H and O–H groups in total. The van der Waals surface area contributed by atoms with E-state index in [-0.39, 0.29) is 17.9 Å². The molecule has 6 heteroatoms. The zero-order valence-electron chi connectivity index (χ0n) is 15.3. The molecule has 0 aliphatic carbocycles. The van der Waals surface area contributed by atoms with Crippen LogP contribution in [0, 0.1) is 5.92 Å². The minimum absolute atomic E-state index is 0.129. The number of carbonyl (C=O) groups excluding carboxylic acids is 1. The van der Waals surface area contributed by atoms with E-state index in [4.69, 9.17) is 25.8 Å². The first-order valence-corrected chi connectivity index (χ1v) is 9.54. The van der Waals surface area contributed by atoms with Gasteiger partial charge in [-0.15, -0.1) is 0 Å². The molecule has 2 heterocycles. The molecule has 0 aromatic heterocycles. The molecular formula is C21H22ClNO4. The predicted molar refractivity (Wildman–Crippen MR) is 103 cm³/mol. The maximum Gasteiger partial charge on any atom is 0.261 e. The predicted octanol–water partition coefficient (Wildman–Crippen LogP) is 3.93. The molecule has 0 fully saturated rings. The smallest absolute Gasteiger partial charge is 0.261 e. The summed E-state index contributed by atoms with van der Waals surface area (Å²) in [5.74, 6) is 2.26. The number of hydrogen-bond acceptors (Lipinski definition) is 4. The molecule has 2 aromatic carbocycles. The van der Waals surface area contributed by atoms with Crippen molar-refractivity contribution in [2.75, 3.05) is 13.2 Å². The van der Waals surface area contributed by atoms with Gasteiger partial charge in [0.05, 0.1) is 6.04 Å². The Morgan fingerprint density at radius 3 is 2.59 bits per heavy atom. The van der Waals surface area contributed by atoms with Crippen molar-refractivity contribution in [3.05, 3.63) is 52.5 Å². The Hall–Kier alpha value is -2.40. The number of ether oxygens (including phenoxy) is 3. The van der Waals surface area contributed by atoms with Crippen molar-refractivity contribution >= 4 is 17.5 Å². The average molecular weight is 388 g/mol. The third-order valence-electron chi connectivity index (χ3n) is 4.88. The second-order valence-electron chi connectivity index (χ2n) is 7.20. The summed E-state index contributed by atoms with van der Waals surface area (Å²) in [4.78, 5) is 12.9. The Bertz CT molecular complexity index is 867. The molecule has 0 saturated heterocycles. The third kappa shape index (κ3) is 3.69. The number of amides is 1. The lowest BCUT2D eigenvalue weighted by molar-refractivity contribution is -0.128. The molecule has 0 spiro atoms. The lowest BCUT2D eigenvalue weighted by atomic mass is 9.95. The van der Waals surface area contributed by atoms with Gasteiger partial charge < -0.3 is 19.5 Å². The number of carbonyl (C=O) groups is 1. The summed E-state index contributed by atoms with van der Waals surface area (Å²) in [7, 11) is 0. The van der Waals surface area contributed by atoms with Gasteiger partial charge in [0.15, 0.2) is 17.6 Å². The van der Waals surface area contributed by atoms with E-state index in [1.807, 2.05) is 30.3 Å². The van der Waals surface area contributed by atoms with Crippen molar-refractivity contribution in [1.29, 1.82) is 0 Å². The fourth-order valence-electron chi connectivity index (χ4n) is 3.50. The second-order valence-corrected chi connectivity index (χ2v) is 7.63. The molecule has 27 heavy (non-hydrogen) atoms. The fraction of sp³-hybridized carbons (Fsp3) is 0.381. The van der Waals surface area contributed by atoms with Crippen molar-refractivity contribution in [2.24, 2.45) is 5.92 Å². The zero-order valence-corrected chi connectivity index (χ0v) is 16.1. The summed E-state index contributed by atoms with van der Waals surface area (Å²) in [6, 6.07) is 11.1. The molecule has 5 nitrogen and oxygen atoms in total. The summed E-state index contributed by atoms with van der Waals surface area (Å²) in [5, 5.41) is 3.79. The van der Waals surface area contributed by atoms with E-state index in [0.29, 0.717) is 24.7 Å². The third-order valence-corrected chi connectivity index (χ3v) is 5.11. The van der Waals surface area contributed by atoms with Crippen molar-refractivity contribution in [2.45, 2.75) is 32.4 Å². The van der Waals surface area contributed by atoms with Gasteiger partial charge in [-0.25, -0.2) is 0 Å². The highest BCUT2D eigenvalue weighted by molar-refractivity contribution is 6.30. The standard InChI is InChI=1S/C21H22ClNO4/c1-12(2)20(13-3-5-17-18(10-13)26-8-7-25-17)23-21(24)19-11-14-9-15(22)4-6-16(14)27-19/h3-6,9-10,12,19-20H,7-8,11H2,1-2H3,(H,23,24)/t19-,20-/m0/s1. The monoisotopic (exact) mass is 387 g/mol. The lowest BCUT2D eigenvalue weighted by Gasteiger charge is -2.26. The van der Waals surface area contributed by atoms with Gasteiger partial charge in [0.25, 0.3) is 5.91 Å². The number of halogens is 1. The summed E-state index contributed by atoms with van der Waals surface area (Å²) >= 11 is 6.04. The van der Waals surface area contributed by atoms with Crippen LogP contribution in [0.3, 0.4) is 0 Å². The van der Waals surface area contributed by atoms with Gasteiger partial charge >= 0.3 is 0 Å². The minimum Gasteiger partial charge on any atom is -0.486 e. The average Bonchev–Trinajstić information content (AvgIpc) is 3.08. The largest absolute Gasteiger partial charge is 0.486 e. The van der Waals surface area contributed by atoms with E-state index < -0.39 is 6.10 Å². The maximum atomic E-state index is 12.9. The van der Waals surface area contributed by atoms with Gasteiger partial charge in [-0.2, -0.15) is 0 Å². The van der Waals surface area contributed by atoms with Crippen molar-refractivity contribution < 1.29 is 19.0 Å². The zero-order chi connectivity index (χ0) is 19.0. The van der Waals surface area contributed by atoms with Crippen LogP contribution in [0.2, 0.25) is 5.02 Å². The summed E-state index contributed by atoms with van der Waals surface area (Å²) in [6.07, 6.45) is -0.0230. The van der Waals surface area contributed by atoms with Crippen LogP contribution in [-0.4, -0.2) is 25.2 Å². The molecule has 1 amide bonds. The van der Waals surface area contributed by atoms with Crippen LogP contribution < -0.4 is 19.5 Å². The highest BCUT2D eigenvalue weighted by Crippen LogP contribution is 2.35. The number of fused-ring (bicyclic) bond motifs is 2. The van der Waals surface area contributed by atoms with Gasteiger partial charge in [0.1, 0.15) is 19.0 Å². The molecule has 2 aliphatic rings. The van der Waals surface area contributed by atoms with Crippen LogP contribution in [0.1, 0.15) is 31.0 Å². The lowest BCUT2D eigenvalue weighted by Crippen LogP contribution is -2.41. The van der Waals surface area contributed by atoms with Crippen LogP contribution in [0.15, 0.2) is 36.4 Å². The van der Waals surface area contributed by atoms with Crippen molar-refractivity contribution in [3.8, 4) is 17.2 Å². The van der Waals surface area contributed by atoms with E-state index in [1.165, 1.54) is 0 Å². The van der Waals surface area contributed by atoms with Crippen LogP contribution in [0.25, 0.3) is 0 Å². The molecule has 0 saturated carbocycles. The van der Waals surface area contributed by atoms with E-state index in [9.17, 15) is 4.79 Å². The fourth-order valence-corrected chi connectivity index (χ4v) is 3.69. The van der Waals surface area contributed by atoms with E-state index in [2.05, 4.69) is 19.2 Å². The van der Waals surface area contributed by atoms with E-state index in [1.54, 1.807) is 6.07 Å². The summed E-state index contributed by atoms with van der Waals surface area (Å²) in [6.45, 7) is 5.24. The van der Waals surface area contributed by atoms with Crippen molar-refractivity contribution in [1.82, 2.24) is 5.32 Å². The molecule has 2 aliphatic heterocycles. The molecule has 142 valence electrons. The number of rotatable bonds is 4. The first-order chi connectivity index (χ1) is 13.0. The Kier molecular flexibility index (Phi) is 4.87. The topological polar surface area (TPSA) is 56.8 Å². The normalized spacial score (nSPS) is 18.6. The van der Waals surface area contributed by atoms with Crippen LogP contribution in [0.5, 0.6) is 17.2 Å². The van der Waals surface area contributed by atoms with E-state index >= 15 is 0 Å². The van der Waals surface area contributed by atoms with Crippen LogP contribution in [0.4, 0.5) is 0 Å². The highest BCUT2D eigenvalue weighted by Gasteiger charge is 2.31. The Labute approximate surface area is 163 Å². The van der Waals surface area contributed by atoms with Gasteiger partial charge in [0.2, 0.25) is 0 Å². The SMILES string of the molecule is CC(C)[C@H](NC(=O)[C@@H]1Cc2cc(Cl)ccc2O1)c1ccc2c(c1)OCCO2. The molecular weight excluding hydrogens is 366 g/mol. The second kappa shape index (κ2) is 7.31.